The van der Waals surface area contributed by atoms with E-state index < -0.39 is 5.54 Å². The Morgan fingerprint density at radius 2 is 2.06 bits per heavy atom. The molecule has 0 aromatic rings. The van der Waals surface area contributed by atoms with E-state index >= 15 is 0 Å². The van der Waals surface area contributed by atoms with Gasteiger partial charge in [-0.2, -0.15) is 4.99 Å². The molecule has 1 aliphatic carbocycles. The molecule has 1 heterocycles. The van der Waals surface area contributed by atoms with E-state index in [0.29, 0.717) is 0 Å². The Hall–Kier alpha value is -1.44. The van der Waals surface area contributed by atoms with Crippen LogP contribution in [0.4, 0.5) is 0 Å². The fourth-order valence-corrected chi connectivity index (χ4v) is 2.06. The predicted molar refractivity (Wildman–Crippen MR) is 63.9 cm³/mol. The maximum absolute atomic E-state index is 10.4. The monoisotopic (exact) mass is 216 g/mol. The molecule has 16 heavy (non-hydrogen) atoms. The van der Waals surface area contributed by atoms with Crippen LogP contribution in [0.1, 0.15) is 13.3 Å². The van der Waals surface area contributed by atoms with Crippen molar-refractivity contribution < 1.29 is 4.79 Å². The summed E-state index contributed by atoms with van der Waals surface area (Å²) < 4.78 is 0. The van der Waals surface area contributed by atoms with Crippen molar-refractivity contribution in [1.29, 1.82) is 0 Å². The molecular formula is C13H16N2O. The average molecular weight is 216 g/mol. The zero-order valence-electron chi connectivity index (χ0n) is 9.73. The first-order chi connectivity index (χ1) is 7.63. The van der Waals surface area contributed by atoms with E-state index in [-0.39, 0.29) is 0 Å². The van der Waals surface area contributed by atoms with Crippen molar-refractivity contribution >= 4 is 6.08 Å². The molecule has 0 spiro atoms. The van der Waals surface area contributed by atoms with Crippen LogP contribution in [0, 0.1) is 0 Å². The van der Waals surface area contributed by atoms with Crippen LogP contribution in [-0.2, 0) is 4.79 Å². The van der Waals surface area contributed by atoms with E-state index in [9.17, 15) is 4.79 Å². The molecule has 1 atom stereocenters. The summed E-state index contributed by atoms with van der Waals surface area (Å²) in [5, 5.41) is 0. The van der Waals surface area contributed by atoms with Gasteiger partial charge in [0.2, 0.25) is 6.08 Å². The summed E-state index contributed by atoms with van der Waals surface area (Å²) in [5.74, 6) is 0. The zero-order chi connectivity index (χ0) is 11.6. The summed E-state index contributed by atoms with van der Waals surface area (Å²) >= 11 is 0. The van der Waals surface area contributed by atoms with Crippen LogP contribution < -0.4 is 0 Å². The first kappa shape index (κ1) is 11.1. The van der Waals surface area contributed by atoms with Gasteiger partial charge in [0, 0.05) is 13.1 Å². The van der Waals surface area contributed by atoms with Crippen LogP contribution in [0.25, 0.3) is 0 Å². The van der Waals surface area contributed by atoms with E-state index in [4.69, 9.17) is 0 Å². The molecule has 3 nitrogen and oxygen atoms in total. The van der Waals surface area contributed by atoms with Crippen LogP contribution >= 0.6 is 0 Å². The quantitative estimate of drug-likeness (QED) is 0.495. The molecular weight excluding hydrogens is 200 g/mol. The first-order valence-corrected chi connectivity index (χ1v) is 5.51. The molecule has 2 aliphatic rings. The number of hydrogen-bond acceptors (Lipinski definition) is 3. The predicted octanol–water partition coefficient (Wildman–Crippen LogP) is 1.84. The van der Waals surface area contributed by atoms with Gasteiger partial charge < -0.3 is 4.90 Å². The fraction of sp³-hybridized carbons (Fsp3) is 0.462. The number of isocyanates is 1. The Morgan fingerprint density at radius 3 is 2.75 bits per heavy atom. The lowest BCUT2D eigenvalue weighted by atomic mass is 10.0. The van der Waals surface area contributed by atoms with Crippen molar-refractivity contribution in [2.24, 2.45) is 4.99 Å². The lowest BCUT2D eigenvalue weighted by Crippen LogP contribution is -2.26. The van der Waals surface area contributed by atoms with Gasteiger partial charge in [-0.3, -0.25) is 0 Å². The molecule has 84 valence electrons. The largest absolute Gasteiger partial charge is 0.302 e. The summed E-state index contributed by atoms with van der Waals surface area (Å²) in [4.78, 5) is 16.5. The van der Waals surface area contributed by atoms with Gasteiger partial charge >= 0.3 is 0 Å². The Kier molecular flexibility index (Phi) is 2.90. The normalized spacial score (nSPS) is 29.6. The number of rotatable bonds is 1. The van der Waals surface area contributed by atoms with Crippen molar-refractivity contribution in [3.05, 3.63) is 35.5 Å². The number of allylic oxidation sites excluding steroid dienone is 1. The smallest absolute Gasteiger partial charge is 0.236 e. The zero-order valence-corrected chi connectivity index (χ0v) is 9.73. The highest BCUT2D eigenvalue weighted by atomic mass is 16.1. The van der Waals surface area contributed by atoms with Crippen molar-refractivity contribution in [3.63, 3.8) is 0 Å². The first-order valence-electron chi connectivity index (χ1n) is 5.51. The molecule has 0 bridgehead atoms. The third-order valence-corrected chi connectivity index (χ3v) is 3.15. The summed E-state index contributed by atoms with van der Waals surface area (Å²) in [5.41, 5.74) is 2.16. The molecule has 0 amide bonds. The van der Waals surface area contributed by atoms with Gasteiger partial charge in [-0.05, 0) is 31.5 Å². The molecule has 0 aromatic heterocycles. The molecule has 0 fully saturated rings. The standard InChI is InChI=1S/C13H16N2O/c1-13(14-10-16)6-3-11-5-8-15(2)9-12(11)4-7-13/h3-4,6-7H,5,8-9H2,1-2H3. The average Bonchev–Trinajstić information content (AvgIpc) is 2.40. The van der Waals surface area contributed by atoms with Crippen LogP contribution in [-0.4, -0.2) is 36.7 Å². The van der Waals surface area contributed by atoms with E-state index in [0.717, 1.165) is 19.5 Å². The van der Waals surface area contributed by atoms with Gasteiger partial charge in [-0.1, -0.05) is 24.3 Å². The highest BCUT2D eigenvalue weighted by Crippen LogP contribution is 2.26. The van der Waals surface area contributed by atoms with E-state index in [2.05, 4.69) is 29.1 Å². The minimum atomic E-state index is -0.530. The molecule has 1 unspecified atom stereocenters. The third-order valence-electron chi connectivity index (χ3n) is 3.15. The van der Waals surface area contributed by atoms with E-state index in [1.54, 1.807) is 6.08 Å². The second-order valence-electron chi connectivity index (χ2n) is 4.63. The number of hydrogen-bond donors (Lipinski definition) is 0. The van der Waals surface area contributed by atoms with E-state index in [1.165, 1.54) is 11.1 Å². The molecule has 2 rings (SSSR count). The van der Waals surface area contributed by atoms with Crippen LogP contribution in [0.5, 0.6) is 0 Å². The Balaban J connectivity index is 2.32. The van der Waals surface area contributed by atoms with Gasteiger partial charge in [-0.15, -0.1) is 0 Å². The van der Waals surface area contributed by atoms with Crippen molar-refractivity contribution in [2.75, 3.05) is 20.1 Å². The second kappa shape index (κ2) is 4.20. The summed E-state index contributed by atoms with van der Waals surface area (Å²) in [6.07, 6.45) is 10.8. The number of carbonyl (C=O) groups excluding carboxylic acids is 1. The van der Waals surface area contributed by atoms with Gasteiger partial charge in [0.1, 0.15) is 5.54 Å². The second-order valence-corrected chi connectivity index (χ2v) is 4.63. The molecule has 0 saturated heterocycles. The van der Waals surface area contributed by atoms with Gasteiger partial charge in [-0.25, -0.2) is 4.79 Å². The number of likely N-dealkylation sites (N-methyl/N-ethyl adjacent to an activating group) is 1. The minimum absolute atomic E-state index is 0.530. The minimum Gasteiger partial charge on any atom is -0.302 e. The Labute approximate surface area is 95.9 Å². The maximum Gasteiger partial charge on any atom is 0.236 e. The lowest BCUT2D eigenvalue weighted by molar-refractivity contribution is 0.354. The molecule has 3 heteroatoms. The highest BCUT2D eigenvalue weighted by molar-refractivity contribution is 5.45. The van der Waals surface area contributed by atoms with Crippen LogP contribution in [0.2, 0.25) is 0 Å². The summed E-state index contributed by atoms with van der Waals surface area (Å²) in [7, 11) is 2.12. The van der Waals surface area contributed by atoms with Crippen LogP contribution in [0.3, 0.4) is 0 Å². The van der Waals surface area contributed by atoms with Crippen LogP contribution in [0.15, 0.2) is 40.4 Å². The highest BCUT2D eigenvalue weighted by Gasteiger charge is 2.21. The SMILES string of the molecule is CN1CCC2=C(C=CC(C)(N=C=O)C=C2)C1. The molecule has 0 aromatic carbocycles. The summed E-state index contributed by atoms with van der Waals surface area (Å²) in [6, 6.07) is 0. The molecule has 1 aliphatic heterocycles. The maximum atomic E-state index is 10.4. The van der Waals surface area contributed by atoms with Gasteiger partial charge in [0.05, 0.1) is 0 Å². The molecule has 0 radical (unpaired) electrons. The number of nitrogens with zero attached hydrogens (tertiary/aromatic N) is 2. The Bertz CT molecular complexity index is 427. The molecule has 0 saturated carbocycles. The fourth-order valence-electron chi connectivity index (χ4n) is 2.06. The van der Waals surface area contributed by atoms with Crippen molar-refractivity contribution in [1.82, 2.24) is 4.90 Å². The lowest BCUT2D eigenvalue weighted by Gasteiger charge is -2.24. The van der Waals surface area contributed by atoms with Crippen molar-refractivity contribution in [3.8, 4) is 0 Å². The number of aliphatic imine (C=N–C) groups is 1. The topological polar surface area (TPSA) is 32.7 Å². The van der Waals surface area contributed by atoms with E-state index in [1.807, 2.05) is 19.1 Å². The molecule has 0 N–H and O–H groups in total. The van der Waals surface area contributed by atoms with Gasteiger partial charge in [0.25, 0.3) is 0 Å². The summed E-state index contributed by atoms with van der Waals surface area (Å²) in [6.45, 7) is 3.97. The van der Waals surface area contributed by atoms with Crippen molar-refractivity contribution in [2.45, 2.75) is 18.9 Å². The Morgan fingerprint density at radius 1 is 1.38 bits per heavy atom. The third kappa shape index (κ3) is 2.21. The van der Waals surface area contributed by atoms with Gasteiger partial charge in [0.15, 0.2) is 0 Å².